The van der Waals surface area contributed by atoms with Gasteiger partial charge < -0.3 is 10.2 Å². The first-order valence-corrected chi connectivity index (χ1v) is 5.96. The van der Waals surface area contributed by atoms with Gasteiger partial charge in [-0.2, -0.15) is 0 Å². The van der Waals surface area contributed by atoms with E-state index in [1.54, 1.807) is 0 Å². The highest BCUT2D eigenvalue weighted by Crippen LogP contribution is 2.29. The molecule has 3 aromatic rings. The van der Waals surface area contributed by atoms with Crippen LogP contribution < -0.4 is 5.73 Å². The molecule has 0 spiro atoms. The molecule has 0 amide bonds. The summed E-state index contributed by atoms with van der Waals surface area (Å²) in [4.78, 5) is 4.50. The van der Waals surface area contributed by atoms with E-state index in [0.29, 0.717) is 5.89 Å². The lowest BCUT2D eigenvalue weighted by Crippen LogP contribution is -2.06. The molecule has 2 N–H and O–H groups in total. The number of hydrogen-bond acceptors (Lipinski definition) is 3. The number of hydrogen-bond donors (Lipinski definition) is 1. The van der Waals surface area contributed by atoms with Crippen LogP contribution in [0.3, 0.4) is 0 Å². The summed E-state index contributed by atoms with van der Waals surface area (Å²) in [5, 5.41) is 0. The van der Waals surface area contributed by atoms with Crippen LogP contribution in [-0.4, -0.2) is 4.98 Å². The molecule has 0 aliphatic heterocycles. The molecule has 18 heavy (non-hydrogen) atoms. The second-order valence-electron chi connectivity index (χ2n) is 4.36. The molecule has 1 heterocycles. The maximum Gasteiger partial charge on any atom is 0.227 e. The van der Waals surface area contributed by atoms with E-state index in [0.717, 1.165) is 22.2 Å². The Morgan fingerprint density at radius 3 is 2.56 bits per heavy atom. The first-order chi connectivity index (χ1) is 8.75. The van der Waals surface area contributed by atoms with Crippen LogP contribution in [0.5, 0.6) is 0 Å². The predicted molar refractivity (Wildman–Crippen MR) is 72.0 cm³/mol. The second kappa shape index (κ2) is 4.27. The highest BCUT2D eigenvalue weighted by molar-refractivity contribution is 5.76. The molecule has 3 nitrogen and oxygen atoms in total. The third-order valence-electron chi connectivity index (χ3n) is 2.98. The molecule has 90 valence electrons. The summed E-state index contributed by atoms with van der Waals surface area (Å²) in [7, 11) is 0. The summed E-state index contributed by atoms with van der Waals surface area (Å²) in [6, 6.07) is 15.6. The van der Waals surface area contributed by atoms with Gasteiger partial charge in [-0.15, -0.1) is 0 Å². The standard InChI is InChI=1S/C15H14N2O/c1-10(16)11-6-2-3-7-12(11)15-17-13-8-4-5-9-14(13)18-15/h2-10H,16H2,1H3. The van der Waals surface area contributed by atoms with Crippen molar-refractivity contribution in [3.8, 4) is 11.5 Å². The van der Waals surface area contributed by atoms with Crippen molar-refractivity contribution in [2.45, 2.75) is 13.0 Å². The minimum atomic E-state index is -0.0452. The van der Waals surface area contributed by atoms with Crippen LogP contribution in [0.2, 0.25) is 0 Å². The molecule has 3 rings (SSSR count). The topological polar surface area (TPSA) is 52.0 Å². The summed E-state index contributed by atoms with van der Waals surface area (Å²) in [5.74, 6) is 0.629. The Morgan fingerprint density at radius 2 is 1.78 bits per heavy atom. The van der Waals surface area contributed by atoms with E-state index in [9.17, 15) is 0 Å². The quantitative estimate of drug-likeness (QED) is 0.743. The highest BCUT2D eigenvalue weighted by atomic mass is 16.3. The number of nitrogens with two attached hydrogens (primary N) is 1. The van der Waals surface area contributed by atoms with Crippen molar-refractivity contribution >= 4 is 11.1 Å². The van der Waals surface area contributed by atoms with E-state index < -0.39 is 0 Å². The van der Waals surface area contributed by atoms with Gasteiger partial charge in [-0.1, -0.05) is 30.3 Å². The first-order valence-electron chi connectivity index (χ1n) is 5.96. The monoisotopic (exact) mass is 238 g/mol. The third-order valence-corrected chi connectivity index (χ3v) is 2.98. The molecule has 0 saturated carbocycles. The maximum atomic E-state index is 5.98. The van der Waals surface area contributed by atoms with Crippen molar-refractivity contribution in [1.82, 2.24) is 4.98 Å². The lowest BCUT2D eigenvalue weighted by atomic mass is 10.0. The Bertz CT molecular complexity index is 653. The zero-order valence-electron chi connectivity index (χ0n) is 10.1. The van der Waals surface area contributed by atoms with Crippen molar-refractivity contribution in [3.63, 3.8) is 0 Å². The fraction of sp³-hybridized carbons (Fsp3) is 0.133. The molecule has 0 aliphatic rings. The Kier molecular flexibility index (Phi) is 2.61. The summed E-state index contributed by atoms with van der Waals surface area (Å²) in [5.41, 5.74) is 9.65. The van der Waals surface area contributed by atoms with Gasteiger partial charge >= 0.3 is 0 Å². The third kappa shape index (κ3) is 1.79. The SMILES string of the molecule is CC(N)c1ccccc1-c1nc2ccccc2o1. The summed E-state index contributed by atoms with van der Waals surface area (Å²) >= 11 is 0. The van der Waals surface area contributed by atoms with Gasteiger partial charge in [0.1, 0.15) is 5.52 Å². The minimum absolute atomic E-state index is 0.0452. The van der Waals surface area contributed by atoms with Crippen molar-refractivity contribution in [2.24, 2.45) is 5.73 Å². The number of fused-ring (bicyclic) bond motifs is 1. The predicted octanol–water partition coefficient (Wildman–Crippen LogP) is 3.51. The van der Waals surface area contributed by atoms with Gasteiger partial charge in [0.25, 0.3) is 0 Å². The molecule has 1 atom stereocenters. The largest absolute Gasteiger partial charge is 0.436 e. The van der Waals surface area contributed by atoms with Crippen molar-refractivity contribution in [3.05, 3.63) is 54.1 Å². The van der Waals surface area contributed by atoms with E-state index in [1.807, 2.05) is 55.5 Å². The van der Waals surface area contributed by atoms with Crippen LogP contribution >= 0.6 is 0 Å². The van der Waals surface area contributed by atoms with Crippen LogP contribution in [0.15, 0.2) is 52.9 Å². The van der Waals surface area contributed by atoms with Crippen LogP contribution in [-0.2, 0) is 0 Å². The lowest BCUT2D eigenvalue weighted by molar-refractivity contribution is 0.617. The van der Waals surface area contributed by atoms with Crippen LogP contribution in [0, 0.1) is 0 Å². The fourth-order valence-electron chi connectivity index (χ4n) is 2.08. The number of oxazole rings is 1. The second-order valence-corrected chi connectivity index (χ2v) is 4.36. The number of benzene rings is 2. The van der Waals surface area contributed by atoms with Gasteiger partial charge in [-0.3, -0.25) is 0 Å². The number of rotatable bonds is 2. The smallest absolute Gasteiger partial charge is 0.227 e. The average Bonchev–Trinajstić information content (AvgIpc) is 2.82. The van der Waals surface area contributed by atoms with Crippen molar-refractivity contribution < 1.29 is 4.42 Å². The molecule has 2 aromatic carbocycles. The summed E-state index contributed by atoms with van der Waals surface area (Å²) in [6.45, 7) is 1.96. The van der Waals surface area contributed by atoms with Gasteiger partial charge in [-0.05, 0) is 30.7 Å². The molecule has 0 radical (unpaired) electrons. The molecule has 0 saturated heterocycles. The van der Waals surface area contributed by atoms with E-state index in [2.05, 4.69) is 4.98 Å². The number of nitrogens with zero attached hydrogens (tertiary/aromatic N) is 1. The first kappa shape index (κ1) is 11.0. The highest BCUT2D eigenvalue weighted by Gasteiger charge is 2.13. The van der Waals surface area contributed by atoms with Gasteiger partial charge in [0.15, 0.2) is 5.58 Å². The lowest BCUT2D eigenvalue weighted by Gasteiger charge is -2.09. The van der Waals surface area contributed by atoms with Crippen molar-refractivity contribution in [1.29, 1.82) is 0 Å². The molecule has 1 unspecified atom stereocenters. The molecule has 0 bridgehead atoms. The zero-order valence-corrected chi connectivity index (χ0v) is 10.1. The van der Waals surface area contributed by atoms with Gasteiger partial charge in [0.05, 0.1) is 0 Å². The molecule has 0 aliphatic carbocycles. The van der Waals surface area contributed by atoms with Crippen LogP contribution in [0.4, 0.5) is 0 Å². The van der Waals surface area contributed by atoms with Crippen LogP contribution in [0.1, 0.15) is 18.5 Å². The fourth-order valence-corrected chi connectivity index (χ4v) is 2.08. The zero-order chi connectivity index (χ0) is 12.5. The molecule has 1 aromatic heterocycles. The molecule has 0 fully saturated rings. The maximum absolute atomic E-state index is 5.98. The number of aromatic nitrogens is 1. The normalized spacial score (nSPS) is 12.8. The van der Waals surface area contributed by atoms with E-state index >= 15 is 0 Å². The molecular weight excluding hydrogens is 224 g/mol. The Balaban J connectivity index is 2.20. The number of para-hydroxylation sites is 2. The Morgan fingerprint density at radius 1 is 1.06 bits per heavy atom. The van der Waals surface area contributed by atoms with Gasteiger partial charge in [0, 0.05) is 11.6 Å². The van der Waals surface area contributed by atoms with Crippen LogP contribution in [0.25, 0.3) is 22.6 Å². The van der Waals surface area contributed by atoms with Gasteiger partial charge in [-0.25, -0.2) is 4.98 Å². The van der Waals surface area contributed by atoms with E-state index in [-0.39, 0.29) is 6.04 Å². The minimum Gasteiger partial charge on any atom is -0.436 e. The van der Waals surface area contributed by atoms with E-state index in [1.165, 1.54) is 0 Å². The van der Waals surface area contributed by atoms with E-state index in [4.69, 9.17) is 10.2 Å². The summed E-state index contributed by atoms with van der Waals surface area (Å²) < 4.78 is 5.78. The van der Waals surface area contributed by atoms with Crippen molar-refractivity contribution in [2.75, 3.05) is 0 Å². The average molecular weight is 238 g/mol. The van der Waals surface area contributed by atoms with Gasteiger partial charge in [0.2, 0.25) is 5.89 Å². The Hall–Kier alpha value is -2.13. The molecule has 3 heteroatoms. The summed E-state index contributed by atoms with van der Waals surface area (Å²) in [6.07, 6.45) is 0. The molecular formula is C15H14N2O. The Labute approximate surface area is 105 Å².